The summed E-state index contributed by atoms with van der Waals surface area (Å²) in [5.41, 5.74) is 8.34. The van der Waals surface area contributed by atoms with E-state index in [4.69, 9.17) is 10.5 Å². The molecule has 2 aromatic carbocycles. The van der Waals surface area contributed by atoms with Crippen LogP contribution in [0.15, 0.2) is 36.4 Å². The van der Waals surface area contributed by atoms with Crippen LogP contribution in [-0.4, -0.2) is 0 Å². The Morgan fingerprint density at radius 1 is 1.11 bits per heavy atom. The number of nitrogens with two attached hydrogens (primary N) is 1. The van der Waals surface area contributed by atoms with Gasteiger partial charge in [-0.15, -0.1) is 0 Å². The fraction of sp³-hybridized carbons (Fsp3) is 0.200. The Hall–Kier alpha value is -1.87. The summed E-state index contributed by atoms with van der Waals surface area (Å²) in [6.45, 7) is 4.27. The van der Waals surface area contributed by atoms with Gasteiger partial charge in [-0.25, -0.2) is 4.39 Å². The van der Waals surface area contributed by atoms with Crippen LogP contribution in [0.25, 0.3) is 0 Å². The molecule has 0 bridgehead atoms. The summed E-state index contributed by atoms with van der Waals surface area (Å²) in [7, 11) is 0. The predicted octanol–water partition coefficient (Wildman–Crippen LogP) is 3.69. The van der Waals surface area contributed by atoms with E-state index in [0.29, 0.717) is 12.3 Å². The second-order valence-electron chi connectivity index (χ2n) is 4.27. The van der Waals surface area contributed by atoms with E-state index < -0.39 is 0 Å². The summed E-state index contributed by atoms with van der Waals surface area (Å²) in [5, 5.41) is 0. The van der Waals surface area contributed by atoms with Gasteiger partial charge in [-0.3, -0.25) is 0 Å². The maximum Gasteiger partial charge on any atom is 0.166 e. The molecule has 0 aliphatic rings. The van der Waals surface area contributed by atoms with Crippen LogP contribution in [0.5, 0.6) is 11.5 Å². The van der Waals surface area contributed by atoms with Crippen LogP contribution in [0.3, 0.4) is 0 Å². The summed E-state index contributed by atoms with van der Waals surface area (Å²) < 4.78 is 19.4. The molecular formula is C15H16FNO. The Bertz CT molecular complexity index is 566. The first-order chi connectivity index (χ1) is 8.61. The number of ether oxygens (including phenoxy) is 1. The molecule has 2 rings (SSSR count). The van der Waals surface area contributed by atoms with Crippen LogP contribution in [0.2, 0.25) is 0 Å². The van der Waals surface area contributed by atoms with Gasteiger partial charge >= 0.3 is 0 Å². The first kappa shape index (κ1) is 12.6. The minimum atomic E-state index is -0.390. The lowest BCUT2D eigenvalue weighted by atomic mass is 10.1. The molecule has 0 saturated heterocycles. The normalized spacial score (nSPS) is 10.4. The summed E-state index contributed by atoms with van der Waals surface area (Å²) in [6, 6.07) is 10.5. The summed E-state index contributed by atoms with van der Waals surface area (Å²) >= 11 is 0. The molecule has 2 N–H and O–H groups in total. The molecule has 2 aromatic rings. The first-order valence-electron chi connectivity index (χ1n) is 5.84. The zero-order valence-electron chi connectivity index (χ0n) is 10.5. The zero-order valence-corrected chi connectivity index (χ0v) is 10.5. The lowest BCUT2D eigenvalue weighted by molar-refractivity contribution is 0.438. The van der Waals surface area contributed by atoms with Crippen molar-refractivity contribution in [2.75, 3.05) is 0 Å². The highest BCUT2D eigenvalue weighted by Gasteiger charge is 2.08. The Balaban J connectivity index is 2.31. The van der Waals surface area contributed by atoms with Gasteiger partial charge in [-0.2, -0.15) is 0 Å². The molecule has 0 aliphatic carbocycles. The van der Waals surface area contributed by atoms with Gasteiger partial charge in [0, 0.05) is 6.54 Å². The second kappa shape index (κ2) is 5.19. The van der Waals surface area contributed by atoms with Gasteiger partial charge in [-0.05, 0) is 48.7 Å². The average molecular weight is 245 g/mol. The molecule has 0 heterocycles. The largest absolute Gasteiger partial charge is 0.454 e. The third kappa shape index (κ3) is 2.51. The number of benzene rings is 2. The molecule has 94 valence electrons. The van der Waals surface area contributed by atoms with Gasteiger partial charge in [-0.1, -0.05) is 18.2 Å². The predicted molar refractivity (Wildman–Crippen MR) is 70.3 cm³/mol. The first-order valence-corrected chi connectivity index (χ1v) is 5.84. The monoisotopic (exact) mass is 245 g/mol. The van der Waals surface area contributed by atoms with Crippen LogP contribution in [-0.2, 0) is 6.54 Å². The molecule has 3 heteroatoms. The van der Waals surface area contributed by atoms with Crippen molar-refractivity contribution >= 4 is 0 Å². The lowest BCUT2D eigenvalue weighted by Crippen LogP contribution is -1.98. The number of halogens is 1. The van der Waals surface area contributed by atoms with Gasteiger partial charge in [0.15, 0.2) is 11.6 Å². The van der Waals surface area contributed by atoms with Gasteiger partial charge in [0.1, 0.15) is 5.75 Å². The van der Waals surface area contributed by atoms with E-state index in [0.717, 1.165) is 16.7 Å². The molecule has 18 heavy (non-hydrogen) atoms. The van der Waals surface area contributed by atoms with E-state index >= 15 is 0 Å². The SMILES string of the molecule is Cc1cccc(Oc2ccc(CN)cc2F)c1C. The average Bonchev–Trinajstić information content (AvgIpc) is 2.37. The number of hydrogen-bond acceptors (Lipinski definition) is 2. The summed E-state index contributed by atoms with van der Waals surface area (Å²) in [4.78, 5) is 0. The maximum absolute atomic E-state index is 13.8. The minimum Gasteiger partial charge on any atom is -0.454 e. The standard InChI is InChI=1S/C15H16FNO/c1-10-4-3-5-14(11(10)2)18-15-7-6-12(9-17)8-13(15)16/h3-8H,9,17H2,1-2H3. The van der Waals surface area contributed by atoms with Crippen molar-refractivity contribution < 1.29 is 9.13 Å². The number of aryl methyl sites for hydroxylation is 1. The minimum absolute atomic E-state index is 0.223. The molecule has 2 nitrogen and oxygen atoms in total. The van der Waals surface area contributed by atoms with Crippen LogP contribution < -0.4 is 10.5 Å². The van der Waals surface area contributed by atoms with Crippen LogP contribution in [0, 0.1) is 19.7 Å². The summed E-state index contributed by atoms with van der Waals surface area (Å²) in [6.07, 6.45) is 0. The Kier molecular flexibility index (Phi) is 3.63. The molecule has 0 amide bonds. The maximum atomic E-state index is 13.8. The lowest BCUT2D eigenvalue weighted by Gasteiger charge is -2.11. The van der Waals surface area contributed by atoms with E-state index in [1.807, 2.05) is 32.0 Å². The molecule has 0 aromatic heterocycles. The number of hydrogen-bond donors (Lipinski definition) is 1. The Morgan fingerprint density at radius 3 is 2.56 bits per heavy atom. The third-order valence-corrected chi connectivity index (χ3v) is 3.01. The van der Waals surface area contributed by atoms with Crippen molar-refractivity contribution in [3.05, 3.63) is 58.9 Å². The van der Waals surface area contributed by atoms with Crippen LogP contribution in [0.4, 0.5) is 4.39 Å². The van der Waals surface area contributed by atoms with E-state index in [1.165, 1.54) is 6.07 Å². The highest BCUT2D eigenvalue weighted by Crippen LogP contribution is 2.28. The van der Waals surface area contributed by atoms with Crippen molar-refractivity contribution in [1.82, 2.24) is 0 Å². The van der Waals surface area contributed by atoms with Gasteiger partial charge in [0.05, 0.1) is 0 Å². The molecular weight excluding hydrogens is 229 g/mol. The van der Waals surface area contributed by atoms with Crippen molar-refractivity contribution in [3.63, 3.8) is 0 Å². The van der Waals surface area contributed by atoms with Crippen LogP contribution >= 0.6 is 0 Å². The molecule has 0 aliphatic heterocycles. The van der Waals surface area contributed by atoms with E-state index in [2.05, 4.69) is 0 Å². The molecule has 0 atom stereocenters. The molecule has 0 unspecified atom stereocenters. The van der Waals surface area contributed by atoms with Crippen molar-refractivity contribution in [2.45, 2.75) is 20.4 Å². The topological polar surface area (TPSA) is 35.2 Å². The van der Waals surface area contributed by atoms with Crippen LogP contribution in [0.1, 0.15) is 16.7 Å². The summed E-state index contributed by atoms with van der Waals surface area (Å²) in [5.74, 6) is 0.508. The van der Waals surface area contributed by atoms with Crippen molar-refractivity contribution in [2.24, 2.45) is 5.73 Å². The zero-order chi connectivity index (χ0) is 13.1. The number of rotatable bonds is 3. The molecule has 0 spiro atoms. The van der Waals surface area contributed by atoms with E-state index in [1.54, 1.807) is 12.1 Å². The quantitative estimate of drug-likeness (QED) is 0.895. The van der Waals surface area contributed by atoms with E-state index in [9.17, 15) is 4.39 Å². The molecule has 0 fully saturated rings. The van der Waals surface area contributed by atoms with E-state index in [-0.39, 0.29) is 11.6 Å². The smallest absolute Gasteiger partial charge is 0.166 e. The van der Waals surface area contributed by atoms with Gasteiger partial charge in [0.2, 0.25) is 0 Å². The van der Waals surface area contributed by atoms with Gasteiger partial charge in [0.25, 0.3) is 0 Å². The fourth-order valence-electron chi connectivity index (χ4n) is 1.71. The molecule has 0 radical (unpaired) electrons. The Morgan fingerprint density at radius 2 is 1.89 bits per heavy atom. The van der Waals surface area contributed by atoms with Crippen molar-refractivity contribution in [1.29, 1.82) is 0 Å². The second-order valence-corrected chi connectivity index (χ2v) is 4.27. The highest BCUT2D eigenvalue weighted by molar-refractivity contribution is 5.42. The fourth-order valence-corrected chi connectivity index (χ4v) is 1.71. The Labute approximate surface area is 106 Å². The molecule has 0 saturated carbocycles. The van der Waals surface area contributed by atoms with Gasteiger partial charge < -0.3 is 10.5 Å². The highest BCUT2D eigenvalue weighted by atomic mass is 19.1. The third-order valence-electron chi connectivity index (χ3n) is 3.01. The van der Waals surface area contributed by atoms with Crippen molar-refractivity contribution in [3.8, 4) is 11.5 Å².